The molecule has 0 saturated heterocycles. The van der Waals surface area contributed by atoms with Gasteiger partial charge in [-0.3, -0.25) is 4.79 Å². The number of guanidine groups is 1. The monoisotopic (exact) mass is 426 g/mol. The van der Waals surface area contributed by atoms with Crippen molar-refractivity contribution in [2.75, 3.05) is 25.0 Å². The number of aliphatic imine (C=N–C) groups is 1. The van der Waals surface area contributed by atoms with Crippen LogP contribution in [0.4, 0.5) is 23.2 Å². The van der Waals surface area contributed by atoms with E-state index in [9.17, 15) is 22.4 Å². The van der Waals surface area contributed by atoms with Crippen molar-refractivity contribution < 1.29 is 27.1 Å². The fraction of sp³-hybridized carbons (Fsp3) is 0.300. The number of amides is 1. The third-order valence-corrected chi connectivity index (χ3v) is 3.74. The molecule has 1 atom stereocenters. The molecule has 0 radical (unpaired) electrons. The van der Waals surface area contributed by atoms with Crippen LogP contribution in [0.15, 0.2) is 41.4 Å². The van der Waals surface area contributed by atoms with Crippen molar-refractivity contribution in [2.45, 2.75) is 20.0 Å². The Morgan fingerprint density at radius 1 is 1.03 bits per heavy atom. The first kappa shape index (κ1) is 23.0. The molecule has 30 heavy (non-hydrogen) atoms. The molecule has 6 nitrogen and oxygen atoms in total. The van der Waals surface area contributed by atoms with Gasteiger partial charge in [0.25, 0.3) is 0 Å². The van der Waals surface area contributed by atoms with Crippen LogP contribution in [0.3, 0.4) is 0 Å². The lowest BCUT2D eigenvalue weighted by Gasteiger charge is -2.17. The van der Waals surface area contributed by atoms with Gasteiger partial charge in [0.2, 0.25) is 5.91 Å². The molecule has 0 saturated carbocycles. The van der Waals surface area contributed by atoms with Gasteiger partial charge in [-0.1, -0.05) is 0 Å². The molecule has 162 valence electrons. The molecule has 0 aromatic heterocycles. The van der Waals surface area contributed by atoms with Crippen LogP contribution in [0.5, 0.6) is 5.75 Å². The molecule has 10 heteroatoms. The minimum absolute atomic E-state index is 0.299. The molecule has 1 amide bonds. The van der Waals surface area contributed by atoms with E-state index in [0.717, 1.165) is 6.07 Å². The highest BCUT2D eigenvalue weighted by Crippen LogP contribution is 2.19. The number of benzene rings is 2. The molecule has 1 unspecified atom stereocenters. The summed E-state index contributed by atoms with van der Waals surface area (Å²) in [7, 11) is 0. The van der Waals surface area contributed by atoms with Crippen LogP contribution >= 0.6 is 0 Å². The zero-order valence-corrected chi connectivity index (χ0v) is 16.4. The number of carbonyl (C=O) groups is 1. The summed E-state index contributed by atoms with van der Waals surface area (Å²) in [6.45, 7) is 4.06. The lowest BCUT2D eigenvalue weighted by molar-refractivity contribution is -0.114. The van der Waals surface area contributed by atoms with Crippen LogP contribution in [0, 0.1) is 23.3 Å². The maximum atomic E-state index is 13.6. The Balaban J connectivity index is 1.89. The van der Waals surface area contributed by atoms with E-state index >= 15 is 0 Å². The smallest absolute Gasteiger partial charge is 0.246 e. The Morgan fingerprint density at radius 3 is 2.40 bits per heavy atom. The van der Waals surface area contributed by atoms with Gasteiger partial charge >= 0.3 is 0 Å². The maximum Gasteiger partial charge on any atom is 0.246 e. The highest BCUT2D eigenvalue weighted by molar-refractivity contribution is 5.94. The number of hydrogen-bond donors (Lipinski definition) is 3. The number of rotatable bonds is 8. The van der Waals surface area contributed by atoms with Gasteiger partial charge in [-0.2, -0.15) is 0 Å². The topological polar surface area (TPSA) is 74.8 Å². The van der Waals surface area contributed by atoms with E-state index in [4.69, 9.17) is 4.74 Å². The predicted octanol–water partition coefficient (Wildman–Crippen LogP) is 3.20. The Hall–Kier alpha value is -3.30. The molecule has 0 bridgehead atoms. The Morgan fingerprint density at radius 2 is 1.73 bits per heavy atom. The zero-order valence-electron chi connectivity index (χ0n) is 16.4. The van der Waals surface area contributed by atoms with Gasteiger partial charge in [0.15, 0.2) is 23.4 Å². The molecule has 0 aliphatic heterocycles. The standard InChI is InChI=1S/C20H22F4N4O2/c1-3-25-20(26-10-12(2)30-14-6-4-13(21)5-7-14)27-11-17(29)28-16-9-8-15(22)18(23)19(16)24/h4-9,12H,3,10-11H2,1-2H3,(H,28,29)(H2,25,26,27). The van der Waals surface area contributed by atoms with Crippen LogP contribution in [0.1, 0.15) is 13.8 Å². The van der Waals surface area contributed by atoms with E-state index < -0.39 is 29.0 Å². The summed E-state index contributed by atoms with van der Waals surface area (Å²) in [5.74, 6) is -4.78. The molecular formula is C20H22F4N4O2. The Labute approximate surface area is 171 Å². The van der Waals surface area contributed by atoms with E-state index in [1.54, 1.807) is 6.92 Å². The van der Waals surface area contributed by atoms with Crippen molar-refractivity contribution in [3.05, 3.63) is 59.7 Å². The number of carbonyl (C=O) groups excluding carboxylic acids is 1. The molecule has 0 aliphatic rings. The molecule has 0 heterocycles. The summed E-state index contributed by atoms with van der Waals surface area (Å²) in [5.41, 5.74) is -0.478. The molecule has 2 aromatic rings. The number of ether oxygens (including phenoxy) is 1. The second kappa shape index (κ2) is 11.0. The summed E-state index contributed by atoms with van der Waals surface area (Å²) >= 11 is 0. The van der Waals surface area contributed by atoms with Gasteiger partial charge < -0.3 is 20.7 Å². The van der Waals surface area contributed by atoms with E-state index in [0.29, 0.717) is 30.9 Å². The predicted molar refractivity (Wildman–Crippen MR) is 105 cm³/mol. The first-order chi connectivity index (χ1) is 14.3. The van der Waals surface area contributed by atoms with Gasteiger partial charge in [-0.15, -0.1) is 0 Å². The minimum Gasteiger partial charge on any atom is -0.489 e. The molecule has 0 aliphatic carbocycles. The number of nitrogens with zero attached hydrogens (tertiary/aromatic N) is 1. The molecule has 2 aromatic carbocycles. The largest absolute Gasteiger partial charge is 0.489 e. The summed E-state index contributed by atoms with van der Waals surface area (Å²) in [5, 5.41) is 8.04. The SMILES string of the molecule is CCNC(=NCC(=O)Nc1ccc(F)c(F)c1F)NCC(C)Oc1ccc(F)cc1. The molecule has 0 fully saturated rings. The lowest BCUT2D eigenvalue weighted by Crippen LogP contribution is -2.42. The van der Waals surface area contributed by atoms with Gasteiger partial charge in [-0.25, -0.2) is 22.6 Å². The van der Waals surface area contributed by atoms with E-state index in [1.807, 2.05) is 6.92 Å². The molecule has 2 rings (SSSR count). The van der Waals surface area contributed by atoms with Crippen LogP contribution in [0.25, 0.3) is 0 Å². The second-order valence-corrected chi connectivity index (χ2v) is 6.23. The number of anilines is 1. The zero-order chi connectivity index (χ0) is 22.1. The van der Waals surface area contributed by atoms with Crippen molar-refractivity contribution >= 4 is 17.6 Å². The average Bonchev–Trinajstić information content (AvgIpc) is 2.72. The van der Waals surface area contributed by atoms with Crippen molar-refractivity contribution in [3.8, 4) is 5.75 Å². The van der Waals surface area contributed by atoms with Gasteiger partial charge in [0, 0.05) is 6.54 Å². The fourth-order valence-corrected chi connectivity index (χ4v) is 2.33. The summed E-state index contributed by atoms with van der Waals surface area (Å²) in [6.07, 6.45) is -0.301. The second-order valence-electron chi connectivity index (χ2n) is 6.23. The third kappa shape index (κ3) is 6.94. The summed E-state index contributed by atoms with van der Waals surface area (Å²) < 4.78 is 58.4. The Kier molecular flexibility index (Phi) is 8.45. The normalized spacial score (nSPS) is 12.3. The van der Waals surface area contributed by atoms with Crippen LogP contribution in [0.2, 0.25) is 0 Å². The average molecular weight is 426 g/mol. The number of hydrogen-bond acceptors (Lipinski definition) is 3. The van der Waals surface area contributed by atoms with Crippen molar-refractivity contribution in [3.63, 3.8) is 0 Å². The van der Waals surface area contributed by atoms with Crippen LogP contribution in [-0.2, 0) is 4.79 Å². The van der Waals surface area contributed by atoms with E-state index in [-0.39, 0.29) is 18.5 Å². The highest BCUT2D eigenvalue weighted by atomic mass is 19.2. The maximum absolute atomic E-state index is 13.6. The number of halogens is 4. The van der Waals surface area contributed by atoms with Crippen LogP contribution < -0.4 is 20.7 Å². The molecule has 0 spiro atoms. The van der Waals surface area contributed by atoms with Crippen molar-refractivity contribution in [1.82, 2.24) is 10.6 Å². The van der Waals surface area contributed by atoms with Crippen LogP contribution in [-0.4, -0.2) is 37.6 Å². The van der Waals surface area contributed by atoms with Gasteiger partial charge in [0.05, 0.1) is 12.2 Å². The van der Waals surface area contributed by atoms with Gasteiger partial charge in [0.1, 0.15) is 24.2 Å². The quantitative estimate of drug-likeness (QED) is 0.262. The summed E-state index contributed by atoms with van der Waals surface area (Å²) in [4.78, 5) is 16.0. The Bertz CT molecular complexity index is 891. The van der Waals surface area contributed by atoms with Crippen molar-refractivity contribution in [1.29, 1.82) is 0 Å². The minimum atomic E-state index is -1.67. The lowest BCUT2D eigenvalue weighted by atomic mass is 10.3. The fourth-order valence-electron chi connectivity index (χ4n) is 2.33. The summed E-state index contributed by atoms with van der Waals surface area (Å²) in [6, 6.07) is 7.23. The highest BCUT2D eigenvalue weighted by Gasteiger charge is 2.15. The molecule has 3 N–H and O–H groups in total. The third-order valence-electron chi connectivity index (χ3n) is 3.74. The van der Waals surface area contributed by atoms with Crippen molar-refractivity contribution in [2.24, 2.45) is 4.99 Å². The van der Waals surface area contributed by atoms with Gasteiger partial charge in [-0.05, 0) is 50.2 Å². The first-order valence-corrected chi connectivity index (χ1v) is 9.18. The van der Waals surface area contributed by atoms with E-state index in [1.165, 1.54) is 24.3 Å². The molecular weight excluding hydrogens is 404 g/mol. The number of nitrogens with one attached hydrogen (secondary N) is 3. The first-order valence-electron chi connectivity index (χ1n) is 9.18. The van der Waals surface area contributed by atoms with E-state index in [2.05, 4.69) is 20.9 Å².